The molecule has 0 aliphatic heterocycles. The maximum absolute atomic E-state index is 12.7. The van der Waals surface area contributed by atoms with E-state index in [4.69, 9.17) is 10.5 Å². The number of amides is 1. The number of nitrogens with two attached hydrogens (primary N) is 1. The third kappa shape index (κ3) is 3.63. The molecule has 0 fully saturated rings. The molecule has 0 spiro atoms. The molecule has 0 aromatic heterocycles. The molecule has 0 aliphatic carbocycles. The fraction of sp³-hybridized carbons (Fsp3) is 0.462. The van der Waals surface area contributed by atoms with E-state index in [1.165, 1.54) is 19.1 Å². The van der Waals surface area contributed by atoms with E-state index >= 15 is 0 Å². The summed E-state index contributed by atoms with van der Waals surface area (Å²) in [6.45, 7) is 2.01. The average molecular weight is 290 g/mol. The van der Waals surface area contributed by atoms with Gasteiger partial charge in [-0.3, -0.25) is 4.79 Å². The van der Waals surface area contributed by atoms with Gasteiger partial charge in [0.2, 0.25) is 0 Å². The van der Waals surface area contributed by atoms with Gasteiger partial charge in [-0.25, -0.2) is 0 Å². The fourth-order valence-corrected chi connectivity index (χ4v) is 1.66. The van der Waals surface area contributed by atoms with E-state index in [-0.39, 0.29) is 23.9 Å². The number of carbonyl (C=O) groups is 1. The summed E-state index contributed by atoms with van der Waals surface area (Å²) in [4.78, 5) is 13.5. The zero-order valence-corrected chi connectivity index (χ0v) is 11.5. The fourth-order valence-electron chi connectivity index (χ4n) is 1.66. The van der Waals surface area contributed by atoms with Gasteiger partial charge in [0, 0.05) is 19.8 Å². The molecule has 1 rings (SSSR count). The molecule has 112 valence electrons. The van der Waals surface area contributed by atoms with E-state index in [1.807, 2.05) is 0 Å². The molecule has 0 saturated heterocycles. The van der Waals surface area contributed by atoms with Gasteiger partial charge in [-0.1, -0.05) is 0 Å². The van der Waals surface area contributed by atoms with Gasteiger partial charge in [-0.2, -0.15) is 13.2 Å². The van der Waals surface area contributed by atoms with E-state index in [0.29, 0.717) is 0 Å². The van der Waals surface area contributed by atoms with Gasteiger partial charge in [0.1, 0.15) is 0 Å². The van der Waals surface area contributed by atoms with Gasteiger partial charge in [-0.05, 0) is 25.1 Å². The standard InChI is InChI=1S/C13H17F3N2O2/c1-8(7-20-3)18(2)12(19)10-6-9(13(14,15)16)4-5-11(10)17/h4-6,8H,7,17H2,1-3H3. The smallest absolute Gasteiger partial charge is 0.398 e. The first-order valence-corrected chi connectivity index (χ1v) is 5.91. The summed E-state index contributed by atoms with van der Waals surface area (Å²) in [5.74, 6) is -0.571. The van der Waals surface area contributed by atoms with Crippen LogP contribution in [0.2, 0.25) is 0 Å². The lowest BCUT2D eigenvalue weighted by molar-refractivity contribution is -0.137. The number of likely N-dealkylation sites (N-methyl/N-ethyl adjacent to an activating group) is 1. The second kappa shape index (κ2) is 6.13. The highest BCUT2D eigenvalue weighted by atomic mass is 19.4. The van der Waals surface area contributed by atoms with Gasteiger partial charge >= 0.3 is 6.18 Å². The van der Waals surface area contributed by atoms with Crippen LogP contribution in [0.25, 0.3) is 0 Å². The Hall–Kier alpha value is -1.76. The Morgan fingerprint density at radius 1 is 1.45 bits per heavy atom. The topological polar surface area (TPSA) is 55.6 Å². The first-order chi connectivity index (χ1) is 9.18. The molecule has 1 unspecified atom stereocenters. The SMILES string of the molecule is COCC(C)N(C)C(=O)c1cc(C(F)(F)F)ccc1N. The van der Waals surface area contributed by atoms with E-state index in [2.05, 4.69) is 0 Å². The molecule has 1 aromatic carbocycles. The van der Waals surface area contributed by atoms with E-state index < -0.39 is 17.6 Å². The van der Waals surface area contributed by atoms with Crippen molar-refractivity contribution in [2.45, 2.75) is 19.1 Å². The van der Waals surface area contributed by atoms with Crippen molar-refractivity contribution in [3.05, 3.63) is 29.3 Å². The number of alkyl halides is 3. The van der Waals surface area contributed by atoms with Crippen LogP contribution in [0.5, 0.6) is 0 Å². The Labute approximate surface area is 115 Å². The zero-order chi connectivity index (χ0) is 15.5. The molecule has 0 radical (unpaired) electrons. The lowest BCUT2D eigenvalue weighted by Crippen LogP contribution is -2.38. The van der Waals surface area contributed by atoms with Crippen molar-refractivity contribution in [2.24, 2.45) is 0 Å². The highest BCUT2D eigenvalue weighted by Gasteiger charge is 2.32. The first-order valence-electron chi connectivity index (χ1n) is 5.91. The average Bonchev–Trinajstić information content (AvgIpc) is 2.36. The summed E-state index contributed by atoms with van der Waals surface area (Å²) in [6.07, 6.45) is -4.51. The van der Waals surface area contributed by atoms with Gasteiger partial charge in [0.25, 0.3) is 5.91 Å². The summed E-state index contributed by atoms with van der Waals surface area (Å²) in [5, 5.41) is 0. The normalized spacial score (nSPS) is 13.1. The third-order valence-electron chi connectivity index (χ3n) is 3.00. The lowest BCUT2D eigenvalue weighted by Gasteiger charge is -2.25. The number of benzene rings is 1. The molecule has 1 amide bonds. The van der Waals surface area contributed by atoms with Crippen LogP contribution in [0, 0.1) is 0 Å². The molecule has 0 bridgehead atoms. The zero-order valence-electron chi connectivity index (χ0n) is 11.5. The Kier molecular flexibility index (Phi) is 4.99. The van der Waals surface area contributed by atoms with E-state index in [0.717, 1.165) is 18.2 Å². The van der Waals surface area contributed by atoms with Crippen molar-refractivity contribution in [2.75, 3.05) is 26.5 Å². The van der Waals surface area contributed by atoms with Crippen LogP contribution in [0.4, 0.5) is 18.9 Å². The Balaban J connectivity index is 3.09. The second-order valence-electron chi connectivity index (χ2n) is 4.52. The van der Waals surface area contributed by atoms with Crippen LogP contribution in [0.1, 0.15) is 22.8 Å². The summed E-state index contributed by atoms with van der Waals surface area (Å²) in [5.41, 5.74) is 4.55. The van der Waals surface area contributed by atoms with E-state index in [9.17, 15) is 18.0 Å². The number of ether oxygens (including phenoxy) is 1. The van der Waals surface area contributed by atoms with Crippen molar-refractivity contribution >= 4 is 11.6 Å². The largest absolute Gasteiger partial charge is 0.416 e. The minimum absolute atomic E-state index is 0.0134. The van der Waals surface area contributed by atoms with E-state index in [1.54, 1.807) is 6.92 Å². The molecule has 0 saturated carbocycles. The number of nitrogen functional groups attached to an aromatic ring is 1. The maximum atomic E-state index is 12.7. The number of methoxy groups -OCH3 is 1. The number of carbonyl (C=O) groups excluding carboxylic acids is 1. The molecule has 1 atom stereocenters. The molecule has 2 N–H and O–H groups in total. The molecule has 0 aliphatic rings. The Morgan fingerprint density at radius 2 is 2.05 bits per heavy atom. The third-order valence-corrected chi connectivity index (χ3v) is 3.00. The molecular weight excluding hydrogens is 273 g/mol. The summed E-state index contributed by atoms with van der Waals surface area (Å²) in [7, 11) is 2.97. The Bertz CT molecular complexity index is 489. The van der Waals surface area contributed by atoms with Gasteiger partial charge < -0.3 is 15.4 Å². The van der Waals surface area contributed by atoms with Crippen LogP contribution >= 0.6 is 0 Å². The Morgan fingerprint density at radius 3 is 2.55 bits per heavy atom. The van der Waals surface area contributed by atoms with Crippen LogP contribution < -0.4 is 5.73 Å². The highest BCUT2D eigenvalue weighted by Crippen LogP contribution is 2.31. The second-order valence-corrected chi connectivity index (χ2v) is 4.52. The minimum Gasteiger partial charge on any atom is -0.398 e. The summed E-state index contributed by atoms with van der Waals surface area (Å²) >= 11 is 0. The molecular formula is C13H17F3N2O2. The number of anilines is 1. The van der Waals surface area contributed by atoms with Crippen molar-refractivity contribution in [1.29, 1.82) is 0 Å². The van der Waals surface area contributed by atoms with Crippen molar-refractivity contribution in [3.8, 4) is 0 Å². The number of hydrogen-bond acceptors (Lipinski definition) is 3. The number of halogens is 3. The van der Waals surface area contributed by atoms with Crippen LogP contribution in [0.3, 0.4) is 0 Å². The van der Waals surface area contributed by atoms with Crippen molar-refractivity contribution in [3.63, 3.8) is 0 Å². The van der Waals surface area contributed by atoms with Crippen LogP contribution in [0.15, 0.2) is 18.2 Å². The van der Waals surface area contributed by atoms with Crippen LogP contribution in [-0.2, 0) is 10.9 Å². The first kappa shape index (κ1) is 16.3. The minimum atomic E-state index is -4.51. The number of nitrogens with zero attached hydrogens (tertiary/aromatic N) is 1. The van der Waals surface area contributed by atoms with Crippen molar-refractivity contribution < 1.29 is 22.7 Å². The molecule has 0 heterocycles. The monoisotopic (exact) mass is 290 g/mol. The van der Waals surface area contributed by atoms with Gasteiger partial charge in [-0.15, -0.1) is 0 Å². The van der Waals surface area contributed by atoms with Crippen LogP contribution in [-0.4, -0.2) is 37.6 Å². The molecule has 4 nitrogen and oxygen atoms in total. The predicted molar refractivity (Wildman–Crippen MR) is 69.3 cm³/mol. The number of hydrogen-bond donors (Lipinski definition) is 1. The molecule has 20 heavy (non-hydrogen) atoms. The highest BCUT2D eigenvalue weighted by molar-refractivity contribution is 5.99. The van der Waals surface area contributed by atoms with Gasteiger partial charge in [0.05, 0.1) is 23.8 Å². The lowest BCUT2D eigenvalue weighted by atomic mass is 10.1. The van der Waals surface area contributed by atoms with Crippen molar-refractivity contribution in [1.82, 2.24) is 4.90 Å². The molecule has 1 aromatic rings. The summed E-state index contributed by atoms with van der Waals surface area (Å²) < 4.78 is 42.9. The summed E-state index contributed by atoms with van der Waals surface area (Å²) in [6, 6.07) is 2.44. The maximum Gasteiger partial charge on any atom is 0.416 e. The number of rotatable bonds is 4. The quantitative estimate of drug-likeness (QED) is 0.866. The predicted octanol–water partition coefficient (Wildman–Crippen LogP) is 2.39. The van der Waals surface area contributed by atoms with Gasteiger partial charge in [0.15, 0.2) is 0 Å². The molecule has 7 heteroatoms.